The van der Waals surface area contributed by atoms with Crippen LogP contribution in [0.15, 0.2) is 29.2 Å². The van der Waals surface area contributed by atoms with Crippen LogP contribution in [0.4, 0.5) is 10.5 Å². The van der Waals surface area contributed by atoms with Gasteiger partial charge in [-0.3, -0.25) is 9.11 Å². The second kappa shape index (κ2) is 5.95. The molecule has 0 spiro atoms. The normalized spacial score (nSPS) is 23.2. The number of anilines is 1. The molecule has 1 aromatic carbocycles. The largest absolute Gasteiger partial charge is 0.335 e. The molecule has 1 N–H and O–H groups in total. The Morgan fingerprint density at radius 1 is 1.20 bits per heavy atom. The van der Waals surface area contributed by atoms with E-state index < -0.39 is 10.8 Å². The summed E-state index contributed by atoms with van der Waals surface area (Å²) in [4.78, 5) is 15.0. The maximum Gasteiger partial charge on any atom is 0.322 e. The lowest BCUT2D eigenvalue weighted by Crippen LogP contribution is -2.48. The minimum Gasteiger partial charge on any atom is -0.335 e. The minimum atomic E-state index is -0.981. The molecule has 0 aromatic heterocycles. The molecule has 2 aliphatic rings. The summed E-state index contributed by atoms with van der Waals surface area (Å²) in [6.45, 7) is 0.530. The Kier molecular flexibility index (Phi) is 4.05. The zero-order chi connectivity index (χ0) is 13.9. The quantitative estimate of drug-likeness (QED) is 0.865. The van der Waals surface area contributed by atoms with Gasteiger partial charge in [-0.2, -0.15) is 0 Å². The van der Waals surface area contributed by atoms with Gasteiger partial charge in [-0.15, -0.1) is 0 Å². The monoisotopic (exact) mass is 292 g/mol. The molecular weight excluding hydrogens is 272 g/mol. The molecule has 1 aromatic rings. The van der Waals surface area contributed by atoms with Crippen LogP contribution in [0.5, 0.6) is 0 Å². The summed E-state index contributed by atoms with van der Waals surface area (Å²) in [7, 11) is -0.981. The highest BCUT2D eigenvalue weighted by Crippen LogP contribution is 2.28. The summed E-state index contributed by atoms with van der Waals surface area (Å²) in [5.41, 5.74) is 0.797. The van der Waals surface area contributed by atoms with Crippen LogP contribution in [0.25, 0.3) is 0 Å². The van der Waals surface area contributed by atoms with E-state index >= 15 is 0 Å². The summed E-state index contributed by atoms with van der Waals surface area (Å²) in [6, 6.07) is 7.76. The molecule has 0 saturated heterocycles. The molecule has 108 valence electrons. The maximum absolute atomic E-state index is 12.5. The van der Waals surface area contributed by atoms with Gasteiger partial charge in [0.05, 0.1) is 21.4 Å². The Morgan fingerprint density at radius 2 is 1.95 bits per heavy atom. The van der Waals surface area contributed by atoms with Gasteiger partial charge in [-0.05, 0) is 25.0 Å². The van der Waals surface area contributed by atoms with E-state index in [0.717, 1.165) is 23.4 Å². The summed E-state index contributed by atoms with van der Waals surface area (Å²) in [5.74, 6) is 0.523. The highest BCUT2D eigenvalue weighted by atomic mass is 32.2. The highest BCUT2D eigenvalue weighted by Gasteiger charge is 2.27. The predicted octanol–water partition coefficient (Wildman–Crippen LogP) is 2.66. The van der Waals surface area contributed by atoms with Crippen LogP contribution >= 0.6 is 0 Å². The number of hydrogen-bond acceptors (Lipinski definition) is 2. The van der Waals surface area contributed by atoms with Crippen LogP contribution in [0.2, 0.25) is 0 Å². The zero-order valence-electron chi connectivity index (χ0n) is 11.5. The van der Waals surface area contributed by atoms with Crippen LogP contribution in [-0.2, 0) is 10.8 Å². The summed E-state index contributed by atoms with van der Waals surface area (Å²) >= 11 is 0. The highest BCUT2D eigenvalue weighted by molar-refractivity contribution is 7.85. The maximum atomic E-state index is 12.5. The van der Waals surface area contributed by atoms with Crippen molar-refractivity contribution >= 4 is 22.5 Å². The summed E-state index contributed by atoms with van der Waals surface area (Å²) in [6.07, 6.45) is 5.83. The summed E-state index contributed by atoms with van der Waals surface area (Å²) < 4.78 is 12.0. The average molecular weight is 292 g/mol. The number of carbonyl (C=O) groups excluding carboxylic acids is 1. The third kappa shape index (κ3) is 2.73. The van der Waals surface area contributed by atoms with Crippen molar-refractivity contribution in [2.75, 3.05) is 17.2 Å². The van der Waals surface area contributed by atoms with Crippen molar-refractivity contribution in [3.05, 3.63) is 24.3 Å². The Labute approximate surface area is 122 Å². The van der Waals surface area contributed by atoms with Crippen molar-refractivity contribution < 1.29 is 9.00 Å². The van der Waals surface area contributed by atoms with Crippen molar-refractivity contribution in [3.8, 4) is 0 Å². The molecule has 1 unspecified atom stereocenters. The van der Waals surface area contributed by atoms with Gasteiger partial charge >= 0.3 is 6.03 Å². The fourth-order valence-electron chi connectivity index (χ4n) is 2.99. The number of rotatable bonds is 1. The molecule has 1 fully saturated rings. The number of para-hydroxylation sites is 1. The lowest BCUT2D eigenvalue weighted by Gasteiger charge is -2.31. The third-order valence-corrected chi connectivity index (χ3v) is 5.47. The Bertz CT molecular complexity index is 526. The van der Waals surface area contributed by atoms with E-state index in [1.807, 2.05) is 24.3 Å². The molecular formula is C15H20N2O2S. The number of carbonyl (C=O) groups is 1. The molecule has 20 heavy (non-hydrogen) atoms. The van der Waals surface area contributed by atoms with E-state index in [4.69, 9.17) is 0 Å². The van der Waals surface area contributed by atoms with E-state index in [9.17, 15) is 9.00 Å². The average Bonchev–Trinajstić information content (AvgIpc) is 2.49. The first-order chi connectivity index (χ1) is 9.75. The van der Waals surface area contributed by atoms with Gasteiger partial charge in [-0.1, -0.05) is 31.4 Å². The molecule has 3 rings (SSSR count). The standard InChI is InChI=1S/C15H20N2O2S/c18-15(16-12-6-2-1-3-7-12)17-10-11-20(19)14-9-5-4-8-13(14)17/h4-5,8-9,12H,1-3,6-7,10-11H2,(H,16,18). The Balaban J connectivity index is 1.75. The topological polar surface area (TPSA) is 49.4 Å². The van der Waals surface area contributed by atoms with E-state index in [0.29, 0.717) is 18.3 Å². The van der Waals surface area contributed by atoms with Crippen molar-refractivity contribution in [3.63, 3.8) is 0 Å². The number of urea groups is 1. The molecule has 2 amide bonds. The molecule has 4 nitrogen and oxygen atoms in total. The molecule has 5 heteroatoms. The number of nitrogens with one attached hydrogen (secondary N) is 1. The number of fused-ring (bicyclic) bond motifs is 1. The van der Waals surface area contributed by atoms with Gasteiger partial charge in [-0.25, -0.2) is 4.79 Å². The van der Waals surface area contributed by atoms with E-state index in [1.54, 1.807) is 4.90 Å². The van der Waals surface area contributed by atoms with Crippen LogP contribution in [0, 0.1) is 0 Å². The van der Waals surface area contributed by atoms with Crippen LogP contribution in [0.1, 0.15) is 32.1 Å². The smallest absolute Gasteiger partial charge is 0.322 e. The fraction of sp³-hybridized carbons (Fsp3) is 0.533. The zero-order valence-corrected chi connectivity index (χ0v) is 12.3. The van der Waals surface area contributed by atoms with Gasteiger partial charge in [0.25, 0.3) is 0 Å². The van der Waals surface area contributed by atoms with Crippen LogP contribution < -0.4 is 10.2 Å². The molecule has 1 atom stereocenters. The van der Waals surface area contributed by atoms with Crippen LogP contribution in [0.3, 0.4) is 0 Å². The minimum absolute atomic E-state index is 0.0407. The van der Waals surface area contributed by atoms with Crippen molar-refractivity contribution in [2.45, 2.75) is 43.0 Å². The Hall–Kier alpha value is -1.36. The van der Waals surface area contributed by atoms with Crippen molar-refractivity contribution in [2.24, 2.45) is 0 Å². The van der Waals surface area contributed by atoms with Gasteiger partial charge in [0.15, 0.2) is 0 Å². The van der Waals surface area contributed by atoms with Crippen molar-refractivity contribution in [1.82, 2.24) is 5.32 Å². The first-order valence-corrected chi connectivity index (χ1v) is 8.63. The molecule has 0 radical (unpaired) electrons. The van der Waals surface area contributed by atoms with Gasteiger partial charge in [0.2, 0.25) is 0 Å². The number of amides is 2. The molecule has 1 heterocycles. The fourth-order valence-corrected chi connectivity index (χ4v) is 4.20. The van der Waals surface area contributed by atoms with Crippen molar-refractivity contribution in [1.29, 1.82) is 0 Å². The van der Waals surface area contributed by atoms with Gasteiger partial charge in [0, 0.05) is 18.3 Å². The molecule has 1 saturated carbocycles. The second-order valence-corrected chi connectivity index (χ2v) is 6.99. The lowest BCUT2D eigenvalue weighted by molar-refractivity contribution is 0.238. The Morgan fingerprint density at radius 3 is 2.75 bits per heavy atom. The first-order valence-electron chi connectivity index (χ1n) is 7.31. The molecule has 1 aliphatic carbocycles. The van der Waals surface area contributed by atoms with E-state index in [-0.39, 0.29) is 6.03 Å². The van der Waals surface area contributed by atoms with Gasteiger partial charge in [0.1, 0.15) is 0 Å². The lowest BCUT2D eigenvalue weighted by atomic mass is 9.96. The van der Waals surface area contributed by atoms with Gasteiger partial charge < -0.3 is 5.32 Å². The second-order valence-electron chi connectivity index (χ2n) is 5.45. The first kappa shape index (κ1) is 13.6. The molecule has 1 aliphatic heterocycles. The number of benzene rings is 1. The predicted molar refractivity (Wildman–Crippen MR) is 80.5 cm³/mol. The third-order valence-electron chi connectivity index (χ3n) is 4.08. The van der Waals surface area contributed by atoms with Crippen LogP contribution in [-0.4, -0.2) is 28.6 Å². The number of nitrogens with zero attached hydrogens (tertiary/aromatic N) is 1. The SMILES string of the molecule is O=C(NC1CCCCC1)N1CCS(=O)c2ccccc21. The number of hydrogen-bond donors (Lipinski definition) is 1. The van der Waals surface area contributed by atoms with E-state index in [1.165, 1.54) is 19.3 Å². The molecule has 0 bridgehead atoms. The summed E-state index contributed by atoms with van der Waals surface area (Å²) in [5, 5.41) is 3.13. The van der Waals surface area contributed by atoms with E-state index in [2.05, 4.69) is 5.32 Å².